The summed E-state index contributed by atoms with van der Waals surface area (Å²) in [7, 11) is 0. The number of hydrogen-bond acceptors (Lipinski definition) is 6. The van der Waals surface area contributed by atoms with E-state index in [0.717, 1.165) is 5.56 Å². The van der Waals surface area contributed by atoms with Gasteiger partial charge in [0.2, 0.25) is 0 Å². The minimum Gasteiger partial charge on any atom is -0.367 e. The number of hydrogen-bond donors (Lipinski definition) is 1. The summed E-state index contributed by atoms with van der Waals surface area (Å²) in [5.74, 6) is -1.47. The quantitative estimate of drug-likeness (QED) is 0.175. The van der Waals surface area contributed by atoms with Gasteiger partial charge in [0.05, 0.1) is 15.6 Å². The van der Waals surface area contributed by atoms with Gasteiger partial charge >= 0.3 is 5.97 Å². The summed E-state index contributed by atoms with van der Waals surface area (Å²) < 4.78 is 22.1. The molecule has 11 heteroatoms. The second-order valence-corrected chi connectivity index (χ2v) is 12.0. The van der Waals surface area contributed by atoms with Crippen molar-refractivity contribution in [3.05, 3.63) is 80.1 Å². The van der Waals surface area contributed by atoms with E-state index in [2.05, 4.69) is 10.6 Å². The topological polar surface area (TPSA) is 86.4 Å². The standard InChI is InChI=1S/C29H27Cl3FN3O4/c1-15-14-36(20-9-7-8-16(22(15)20)10-11-21(37)39-35-28(2,3)4)27(38)24-25(34-40-26(24)29(5,6)33)23-18(31)12-17(30)13-19(23)32/h7-14,35H,1-6H3. The molecule has 2 aromatic heterocycles. The summed E-state index contributed by atoms with van der Waals surface area (Å²) in [5.41, 5.74) is 2.18. The number of carbonyl (C=O) groups excluding carboxylic acids is 2. The van der Waals surface area contributed by atoms with E-state index < -0.39 is 23.1 Å². The number of halogens is 4. The van der Waals surface area contributed by atoms with Crippen LogP contribution in [0.2, 0.25) is 15.1 Å². The van der Waals surface area contributed by atoms with Crippen molar-refractivity contribution in [2.45, 2.75) is 52.8 Å². The maximum Gasteiger partial charge on any atom is 0.349 e. The van der Waals surface area contributed by atoms with Crippen molar-refractivity contribution >= 4 is 63.7 Å². The molecule has 0 saturated carbocycles. The zero-order valence-corrected chi connectivity index (χ0v) is 24.9. The number of benzene rings is 2. The summed E-state index contributed by atoms with van der Waals surface area (Å²) >= 11 is 18.9. The Hall–Kier alpha value is -3.17. The first kappa shape index (κ1) is 29.8. The number of hydroxylamine groups is 1. The second kappa shape index (κ2) is 11.0. The van der Waals surface area contributed by atoms with Crippen LogP contribution in [0.5, 0.6) is 0 Å². The Bertz CT molecular complexity index is 1640. The summed E-state index contributed by atoms with van der Waals surface area (Å²) in [6, 6.07) is 8.18. The third-order valence-corrected chi connectivity index (χ3v) is 6.63. The number of fused-ring (bicyclic) bond motifs is 1. The Morgan fingerprint density at radius 2 is 1.75 bits per heavy atom. The van der Waals surface area contributed by atoms with Crippen LogP contribution in [0.15, 0.2) is 47.1 Å². The molecule has 7 nitrogen and oxygen atoms in total. The van der Waals surface area contributed by atoms with Gasteiger partial charge in [-0.05, 0) is 76.9 Å². The van der Waals surface area contributed by atoms with Crippen LogP contribution in [0.1, 0.15) is 61.9 Å². The average molecular weight is 607 g/mol. The third kappa shape index (κ3) is 6.10. The molecule has 0 saturated heterocycles. The largest absolute Gasteiger partial charge is 0.367 e. The van der Waals surface area contributed by atoms with Crippen LogP contribution in [0.25, 0.3) is 28.2 Å². The van der Waals surface area contributed by atoms with Gasteiger partial charge in [-0.15, -0.1) is 5.48 Å². The highest BCUT2D eigenvalue weighted by Crippen LogP contribution is 2.42. The number of carbonyl (C=O) groups is 2. The molecule has 0 bridgehead atoms. The maximum absolute atomic E-state index is 15.3. The SMILES string of the molecule is Cc1cn(C(=O)c2c(-c3c(Cl)cc(Cl)cc3Cl)noc2C(C)(C)F)c2cccc(C=CC(=O)ONC(C)(C)C)c12. The lowest BCUT2D eigenvalue weighted by atomic mass is 9.98. The zero-order chi connectivity index (χ0) is 29.6. The molecule has 0 unspecified atom stereocenters. The van der Waals surface area contributed by atoms with Gasteiger partial charge in [0, 0.05) is 33.8 Å². The molecule has 0 aliphatic heterocycles. The monoisotopic (exact) mass is 605 g/mol. The van der Waals surface area contributed by atoms with E-state index in [1.807, 2.05) is 27.7 Å². The third-order valence-electron chi connectivity index (χ3n) is 5.82. The van der Waals surface area contributed by atoms with Crippen molar-refractivity contribution in [2.75, 3.05) is 0 Å². The molecular formula is C29H27Cl3FN3O4. The Kier molecular flexibility index (Phi) is 8.20. The van der Waals surface area contributed by atoms with Crippen LogP contribution in [0.4, 0.5) is 4.39 Å². The van der Waals surface area contributed by atoms with Gasteiger partial charge in [0.25, 0.3) is 5.91 Å². The lowest BCUT2D eigenvalue weighted by Gasteiger charge is -2.18. The number of rotatable bonds is 6. The molecule has 0 aliphatic rings. The van der Waals surface area contributed by atoms with E-state index >= 15 is 4.39 Å². The summed E-state index contributed by atoms with van der Waals surface area (Å²) in [6.07, 6.45) is 4.52. The van der Waals surface area contributed by atoms with Gasteiger partial charge in [0.1, 0.15) is 11.3 Å². The van der Waals surface area contributed by atoms with Crippen LogP contribution in [0, 0.1) is 6.92 Å². The molecule has 2 aromatic carbocycles. The number of aromatic nitrogens is 2. The Balaban J connectivity index is 1.83. The van der Waals surface area contributed by atoms with Gasteiger partial charge in [-0.25, -0.2) is 9.18 Å². The van der Waals surface area contributed by atoms with Crippen LogP contribution in [-0.4, -0.2) is 27.1 Å². The van der Waals surface area contributed by atoms with Gasteiger partial charge in [-0.3, -0.25) is 9.36 Å². The van der Waals surface area contributed by atoms with Crippen molar-refractivity contribution < 1.29 is 23.3 Å². The number of nitrogens with one attached hydrogen (secondary N) is 1. The molecule has 0 amide bonds. The average Bonchev–Trinajstić information content (AvgIpc) is 3.42. The minimum atomic E-state index is -2.06. The van der Waals surface area contributed by atoms with E-state index in [1.54, 1.807) is 30.5 Å². The first-order chi connectivity index (χ1) is 18.6. The van der Waals surface area contributed by atoms with Crippen molar-refractivity contribution in [1.29, 1.82) is 0 Å². The second-order valence-electron chi connectivity index (χ2n) is 10.8. The van der Waals surface area contributed by atoms with Gasteiger partial charge in [-0.2, -0.15) is 0 Å². The highest BCUT2D eigenvalue weighted by Gasteiger charge is 2.37. The fraction of sp³-hybridized carbons (Fsp3) is 0.276. The Labute approximate surface area is 245 Å². The van der Waals surface area contributed by atoms with Crippen molar-refractivity contribution in [1.82, 2.24) is 15.2 Å². The number of alkyl halides is 1. The van der Waals surface area contributed by atoms with Crippen LogP contribution >= 0.6 is 34.8 Å². The fourth-order valence-corrected chi connectivity index (χ4v) is 5.17. The normalized spacial score (nSPS) is 12.4. The Morgan fingerprint density at radius 3 is 2.35 bits per heavy atom. The number of nitrogens with zero attached hydrogens (tertiary/aromatic N) is 2. The molecule has 4 aromatic rings. The lowest BCUT2D eigenvalue weighted by molar-refractivity contribution is -0.148. The zero-order valence-electron chi connectivity index (χ0n) is 22.7. The number of aryl methyl sites for hydroxylation is 1. The molecule has 2 heterocycles. The molecule has 0 fully saturated rings. The van der Waals surface area contributed by atoms with Crippen molar-refractivity contribution in [3.8, 4) is 11.3 Å². The molecule has 210 valence electrons. The van der Waals surface area contributed by atoms with Crippen LogP contribution in [-0.2, 0) is 15.3 Å². The first-order valence-corrected chi connectivity index (χ1v) is 13.4. The minimum absolute atomic E-state index is 0.0120. The summed E-state index contributed by atoms with van der Waals surface area (Å²) in [5, 5.41) is 5.25. The summed E-state index contributed by atoms with van der Waals surface area (Å²) in [4.78, 5) is 31.4. The first-order valence-electron chi connectivity index (χ1n) is 12.2. The fourth-order valence-electron chi connectivity index (χ4n) is 4.17. The van der Waals surface area contributed by atoms with E-state index in [4.69, 9.17) is 44.2 Å². The predicted octanol–water partition coefficient (Wildman–Crippen LogP) is 8.32. The van der Waals surface area contributed by atoms with E-state index in [-0.39, 0.29) is 37.6 Å². The molecule has 0 spiro atoms. The van der Waals surface area contributed by atoms with E-state index in [0.29, 0.717) is 16.5 Å². The van der Waals surface area contributed by atoms with Crippen LogP contribution in [0.3, 0.4) is 0 Å². The molecule has 1 N–H and O–H groups in total. The van der Waals surface area contributed by atoms with Crippen molar-refractivity contribution in [3.63, 3.8) is 0 Å². The lowest BCUT2D eigenvalue weighted by Crippen LogP contribution is -2.37. The highest BCUT2D eigenvalue weighted by atomic mass is 35.5. The van der Waals surface area contributed by atoms with Gasteiger partial charge in [0.15, 0.2) is 11.4 Å². The molecule has 0 atom stereocenters. The molecular weight excluding hydrogens is 580 g/mol. The van der Waals surface area contributed by atoms with Gasteiger partial charge < -0.3 is 9.36 Å². The van der Waals surface area contributed by atoms with Gasteiger partial charge in [-0.1, -0.05) is 52.1 Å². The predicted molar refractivity (Wildman–Crippen MR) is 156 cm³/mol. The molecule has 0 radical (unpaired) electrons. The Morgan fingerprint density at radius 1 is 1.10 bits per heavy atom. The van der Waals surface area contributed by atoms with E-state index in [1.165, 1.54) is 36.6 Å². The molecule has 4 rings (SSSR count). The molecule has 40 heavy (non-hydrogen) atoms. The smallest absolute Gasteiger partial charge is 0.349 e. The van der Waals surface area contributed by atoms with E-state index in [9.17, 15) is 9.59 Å². The van der Waals surface area contributed by atoms with Crippen LogP contribution < -0.4 is 5.48 Å². The highest BCUT2D eigenvalue weighted by molar-refractivity contribution is 6.42. The van der Waals surface area contributed by atoms with Crippen molar-refractivity contribution in [2.24, 2.45) is 0 Å². The summed E-state index contributed by atoms with van der Waals surface area (Å²) in [6.45, 7) is 9.92. The maximum atomic E-state index is 15.3. The molecule has 0 aliphatic carbocycles.